The molecule has 1 heterocycles. The highest BCUT2D eigenvalue weighted by atomic mass is 32.1. The number of nitrogens with one attached hydrogen (secondary N) is 2. The number of nitrogens with two attached hydrogens (primary N) is 1. The standard InChI is InChI=1S/C9H7F3N6OS/c10-9(11,12)4-1-2-6(15-13)5(3-4)7(19)14-8-16-17-18-20-8/h1-3,15H,13H2,(H,14,16,18,19). The first kappa shape index (κ1) is 14.1. The first-order valence-electron chi connectivity index (χ1n) is 5.06. The zero-order valence-corrected chi connectivity index (χ0v) is 10.4. The summed E-state index contributed by atoms with van der Waals surface area (Å²) in [6.45, 7) is 0. The molecule has 0 atom stereocenters. The lowest BCUT2D eigenvalue weighted by molar-refractivity contribution is -0.137. The number of benzene rings is 1. The predicted molar refractivity (Wildman–Crippen MR) is 64.9 cm³/mol. The van der Waals surface area contributed by atoms with Crippen LogP contribution in [0, 0.1) is 0 Å². The molecule has 0 saturated heterocycles. The number of rotatable bonds is 3. The van der Waals surface area contributed by atoms with E-state index in [2.05, 4.69) is 25.5 Å². The van der Waals surface area contributed by atoms with Gasteiger partial charge < -0.3 is 5.43 Å². The van der Waals surface area contributed by atoms with Crippen LogP contribution in [-0.4, -0.2) is 20.7 Å². The molecule has 0 spiro atoms. The highest BCUT2D eigenvalue weighted by Gasteiger charge is 2.31. The normalized spacial score (nSPS) is 11.2. The minimum Gasteiger partial charge on any atom is -0.323 e. The molecule has 0 aliphatic rings. The second kappa shape index (κ2) is 5.38. The third-order valence-corrected chi connectivity index (χ3v) is 2.78. The third kappa shape index (κ3) is 3.00. The van der Waals surface area contributed by atoms with Crippen molar-refractivity contribution >= 4 is 28.3 Å². The summed E-state index contributed by atoms with van der Waals surface area (Å²) in [7, 11) is 0. The second-order valence-corrected chi connectivity index (χ2v) is 4.26. The molecule has 4 N–H and O–H groups in total. The van der Waals surface area contributed by atoms with Gasteiger partial charge in [-0.15, -0.1) is 0 Å². The Morgan fingerprint density at radius 2 is 2.10 bits per heavy atom. The van der Waals surface area contributed by atoms with Crippen molar-refractivity contribution in [3.05, 3.63) is 29.3 Å². The molecule has 0 unspecified atom stereocenters. The van der Waals surface area contributed by atoms with E-state index in [1.807, 2.05) is 0 Å². The van der Waals surface area contributed by atoms with Crippen LogP contribution in [0.4, 0.5) is 24.0 Å². The molecule has 1 amide bonds. The Balaban J connectivity index is 2.35. The molecule has 2 rings (SSSR count). The molecule has 0 saturated carbocycles. The Kier molecular flexibility index (Phi) is 3.81. The van der Waals surface area contributed by atoms with Crippen LogP contribution in [0.15, 0.2) is 18.2 Å². The fraction of sp³-hybridized carbons (Fsp3) is 0.111. The van der Waals surface area contributed by atoms with Crippen molar-refractivity contribution < 1.29 is 18.0 Å². The lowest BCUT2D eigenvalue weighted by Crippen LogP contribution is -2.18. The zero-order chi connectivity index (χ0) is 14.8. The third-order valence-electron chi connectivity index (χ3n) is 2.27. The fourth-order valence-electron chi connectivity index (χ4n) is 1.38. The SMILES string of the molecule is NNc1ccc(C(F)(F)F)cc1C(=O)Nc1nnns1. The summed E-state index contributed by atoms with van der Waals surface area (Å²) in [5.41, 5.74) is 0.980. The Morgan fingerprint density at radius 3 is 2.65 bits per heavy atom. The highest BCUT2D eigenvalue weighted by Crippen LogP contribution is 2.31. The van der Waals surface area contributed by atoms with Gasteiger partial charge in [0.1, 0.15) is 0 Å². The summed E-state index contributed by atoms with van der Waals surface area (Å²) in [6.07, 6.45) is -4.56. The van der Waals surface area contributed by atoms with Gasteiger partial charge in [-0.2, -0.15) is 13.2 Å². The smallest absolute Gasteiger partial charge is 0.323 e. The van der Waals surface area contributed by atoms with E-state index in [9.17, 15) is 18.0 Å². The maximum absolute atomic E-state index is 12.6. The molecule has 1 aromatic heterocycles. The second-order valence-electron chi connectivity index (χ2n) is 3.52. The number of amides is 1. The Labute approximate surface area is 114 Å². The number of hydrazine groups is 1. The maximum Gasteiger partial charge on any atom is 0.416 e. The first-order valence-corrected chi connectivity index (χ1v) is 5.83. The molecule has 2 aromatic rings. The van der Waals surface area contributed by atoms with Gasteiger partial charge in [-0.25, -0.2) is 0 Å². The van der Waals surface area contributed by atoms with Crippen LogP contribution in [0.25, 0.3) is 0 Å². The number of hydrogen-bond acceptors (Lipinski definition) is 7. The summed E-state index contributed by atoms with van der Waals surface area (Å²) >= 11 is 0.791. The van der Waals surface area contributed by atoms with Crippen molar-refractivity contribution in [1.29, 1.82) is 0 Å². The molecule has 1 aromatic carbocycles. The van der Waals surface area contributed by atoms with Gasteiger partial charge >= 0.3 is 6.18 Å². The van der Waals surface area contributed by atoms with Gasteiger partial charge in [0.25, 0.3) is 5.91 Å². The van der Waals surface area contributed by atoms with Crippen LogP contribution >= 0.6 is 11.5 Å². The van der Waals surface area contributed by atoms with Gasteiger partial charge in [-0.3, -0.25) is 16.0 Å². The Hall–Kier alpha value is -2.27. The van der Waals surface area contributed by atoms with Gasteiger partial charge in [-0.1, -0.05) is 9.59 Å². The number of nitrogen functional groups attached to an aromatic ring is 1. The van der Waals surface area contributed by atoms with Crippen LogP contribution in [0.3, 0.4) is 0 Å². The van der Waals surface area contributed by atoms with Gasteiger partial charge in [-0.05, 0) is 23.4 Å². The van der Waals surface area contributed by atoms with E-state index in [1.165, 1.54) is 0 Å². The quantitative estimate of drug-likeness (QED) is 0.586. The number of halogens is 3. The minimum atomic E-state index is -4.56. The van der Waals surface area contributed by atoms with Gasteiger partial charge in [0.2, 0.25) is 5.13 Å². The number of alkyl halides is 3. The van der Waals surface area contributed by atoms with Crippen molar-refractivity contribution in [2.24, 2.45) is 5.84 Å². The van der Waals surface area contributed by atoms with Crippen molar-refractivity contribution in [2.45, 2.75) is 6.18 Å². The summed E-state index contributed by atoms with van der Waals surface area (Å²) in [4.78, 5) is 11.9. The van der Waals surface area contributed by atoms with Gasteiger partial charge in [0, 0.05) is 11.5 Å². The number of hydrogen-bond donors (Lipinski definition) is 3. The summed E-state index contributed by atoms with van der Waals surface area (Å²) < 4.78 is 41.3. The van der Waals surface area contributed by atoms with Crippen LogP contribution in [-0.2, 0) is 6.18 Å². The molecule has 11 heteroatoms. The fourth-order valence-corrected chi connectivity index (χ4v) is 1.74. The van der Waals surface area contributed by atoms with E-state index in [1.54, 1.807) is 0 Å². The van der Waals surface area contributed by atoms with E-state index in [-0.39, 0.29) is 16.4 Å². The summed E-state index contributed by atoms with van der Waals surface area (Å²) in [5.74, 6) is 4.37. The number of aromatic nitrogens is 3. The molecule has 0 aliphatic carbocycles. The predicted octanol–water partition coefficient (Wildman–Crippen LogP) is 1.49. The average molecular weight is 304 g/mol. The number of carbonyl (C=O) groups is 1. The largest absolute Gasteiger partial charge is 0.416 e. The minimum absolute atomic E-state index is 0.0491. The van der Waals surface area contributed by atoms with E-state index in [4.69, 9.17) is 5.84 Å². The number of carbonyl (C=O) groups excluding carboxylic acids is 1. The van der Waals surface area contributed by atoms with Gasteiger partial charge in [0.15, 0.2) is 0 Å². The molecule has 7 nitrogen and oxygen atoms in total. The molecule has 0 fully saturated rings. The van der Waals surface area contributed by atoms with Crippen molar-refractivity contribution in [2.75, 3.05) is 10.7 Å². The maximum atomic E-state index is 12.6. The van der Waals surface area contributed by atoms with Crippen LogP contribution in [0.2, 0.25) is 0 Å². The van der Waals surface area contributed by atoms with Crippen LogP contribution in [0.5, 0.6) is 0 Å². The van der Waals surface area contributed by atoms with E-state index < -0.39 is 17.6 Å². The number of nitrogens with zero attached hydrogens (tertiary/aromatic N) is 3. The lowest BCUT2D eigenvalue weighted by atomic mass is 10.1. The van der Waals surface area contributed by atoms with Crippen molar-refractivity contribution in [3.8, 4) is 0 Å². The lowest BCUT2D eigenvalue weighted by Gasteiger charge is -2.12. The van der Waals surface area contributed by atoms with Crippen molar-refractivity contribution in [3.63, 3.8) is 0 Å². The van der Waals surface area contributed by atoms with Crippen LogP contribution < -0.4 is 16.6 Å². The zero-order valence-electron chi connectivity index (χ0n) is 9.60. The molecule has 106 valence electrons. The van der Waals surface area contributed by atoms with Gasteiger partial charge in [0.05, 0.1) is 16.8 Å². The first-order chi connectivity index (χ1) is 9.41. The van der Waals surface area contributed by atoms with Crippen molar-refractivity contribution in [1.82, 2.24) is 14.8 Å². The number of anilines is 2. The monoisotopic (exact) mass is 304 g/mol. The summed E-state index contributed by atoms with van der Waals surface area (Å²) in [5, 5.41) is 9.05. The summed E-state index contributed by atoms with van der Waals surface area (Å²) in [6, 6.07) is 2.58. The Morgan fingerprint density at radius 1 is 1.35 bits per heavy atom. The molecular formula is C9H7F3N6OS. The van der Waals surface area contributed by atoms with Crippen LogP contribution in [0.1, 0.15) is 15.9 Å². The Bertz CT molecular complexity index is 615. The molecule has 20 heavy (non-hydrogen) atoms. The van der Waals surface area contributed by atoms with E-state index in [0.29, 0.717) is 6.07 Å². The molecule has 0 bridgehead atoms. The molecule has 0 radical (unpaired) electrons. The van der Waals surface area contributed by atoms with E-state index >= 15 is 0 Å². The van der Waals surface area contributed by atoms with E-state index in [0.717, 1.165) is 23.7 Å². The topological polar surface area (TPSA) is 106 Å². The molecule has 0 aliphatic heterocycles. The molecular weight excluding hydrogens is 297 g/mol. The average Bonchev–Trinajstić information content (AvgIpc) is 2.89. The highest BCUT2D eigenvalue weighted by molar-refractivity contribution is 7.09.